The summed E-state index contributed by atoms with van der Waals surface area (Å²) in [5.74, 6) is 0. The molecule has 4 nitrogen and oxygen atoms in total. The maximum absolute atomic E-state index is 4.31. The minimum absolute atomic E-state index is 0.465. The van der Waals surface area contributed by atoms with Gasteiger partial charge in [-0.05, 0) is 44.9 Å². The molecule has 20 heavy (non-hydrogen) atoms. The largest absolute Gasteiger partial charge is 0.331 e. The molecule has 1 aliphatic heterocycles. The van der Waals surface area contributed by atoms with Crippen LogP contribution in [0.5, 0.6) is 0 Å². The molecule has 1 fully saturated rings. The standard InChI is InChI=1S/C16H22N4/c1-13(2)20-12-18-10-15(20)11-19-8-4-6-16(19)14-5-3-7-17-9-14/h3,5,7,9-10,12-13,16H,4,6,8,11H2,1-2H3. The third kappa shape index (κ3) is 2.61. The highest BCUT2D eigenvalue weighted by molar-refractivity contribution is 5.16. The Hall–Kier alpha value is -1.68. The first-order chi connectivity index (χ1) is 9.75. The monoisotopic (exact) mass is 270 g/mol. The van der Waals surface area contributed by atoms with Crippen molar-refractivity contribution >= 4 is 0 Å². The van der Waals surface area contributed by atoms with Crippen LogP contribution in [0, 0.1) is 0 Å². The fourth-order valence-corrected chi connectivity index (χ4v) is 3.09. The Labute approximate surface area is 120 Å². The average molecular weight is 270 g/mol. The van der Waals surface area contributed by atoms with Crippen LogP contribution in [0.25, 0.3) is 0 Å². The summed E-state index contributed by atoms with van der Waals surface area (Å²) in [5, 5.41) is 0. The van der Waals surface area contributed by atoms with Gasteiger partial charge in [-0.3, -0.25) is 9.88 Å². The zero-order chi connectivity index (χ0) is 13.9. The Morgan fingerprint density at radius 1 is 1.30 bits per heavy atom. The number of hydrogen-bond acceptors (Lipinski definition) is 3. The zero-order valence-corrected chi connectivity index (χ0v) is 12.2. The fraction of sp³-hybridized carbons (Fsp3) is 0.500. The molecule has 0 spiro atoms. The molecule has 0 radical (unpaired) electrons. The van der Waals surface area contributed by atoms with E-state index < -0.39 is 0 Å². The van der Waals surface area contributed by atoms with Gasteiger partial charge in [0.1, 0.15) is 0 Å². The van der Waals surface area contributed by atoms with Crippen molar-refractivity contribution in [3.63, 3.8) is 0 Å². The van der Waals surface area contributed by atoms with Gasteiger partial charge in [0.2, 0.25) is 0 Å². The van der Waals surface area contributed by atoms with Crippen molar-refractivity contribution in [1.82, 2.24) is 19.4 Å². The molecule has 0 aromatic carbocycles. The smallest absolute Gasteiger partial charge is 0.0951 e. The maximum Gasteiger partial charge on any atom is 0.0951 e. The normalized spacial score (nSPS) is 19.9. The van der Waals surface area contributed by atoms with Crippen LogP contribution >= 0.6 is 0 Å². The van der Waals surface area contributed by atoms with Gasteiger partial charge in [0.05, 0.1) is 12.0 Å². The highest BCUT2D eigenvalue weighted by atomic mass is 15.2. The van der Waals surface area contributed by atoms with Gasteiger partial charge in [-0.1, -0.05) is 6.07 Å². The van der Waals surface area contributed by atoms with Crippen LogP contribution in [0.15, 0.2) is 37.1 Å². The number of rotatable bonds is 4. The molecule has 3 heterocycles. The first-order valence-corrected chi connectivity index (χ1v) is 7.40. The lowest BCUT2D eigenvalue weighted by Crippen LogP contribution is -2.24. The van der Waals surface area contributed by atoms with Crippen molar-refractivity contribution < 1.29 is 0 Å². The summed E-state index contributed by atoms with van der Waals surface area (Å²) in [6.07, 6.45) is 10.3. The van der Waals surface area contributed by atoms with E-state index in [9.17, 15) is 0 Å². The van der Waals surface area contributed by atoms with E-state index in [0.717, 1.165) is 13.1 Å². The van der Waals surface area contributed by atoms with Gasteiger partial charge in [-0.15, -0.1) is 0 Å². The molecule has 4 heteroatoms. The van der Waals surface area contributed by atoms with E-state index in [1.165, 1.54) is 24.1 Å². The molecule has 0 bridgehead atoms. The topological polar surface area (TPSA) is 34.0 Å². The molecule has 1 unspecified atom stereocenters. The van der Waals surface area contributed by atoms with Crippen LogP contribution in [0.4, 0.5) is 0 Å². The molecule has 1 aliphatic rings. The number of imidazole rings is 1. The fourth-order valence-electron chi connectivity index (χ4n) is 3.09. The van der Waals surface area contributed by atoms with Crippen LogP contribution in [-0.2, 0) is 6.54 Å². The highest BCUT2D eigenvalue weighted by Crippen LogP contribution is 2.32. The number of pyridine rings is 1. The molecular formula is C16H22N4. The van der Waals surface area contributed by atoms with Crippen molar-refractivity contribution in [3.05, 3.63) is 48.3 Å². The van der Waals surface area contributed by atoms with Gasteiger partial charge in [-0.2, -0.15) is 0 Å². The summed E-state index contributed by atoms with van der Waals surface area (Å²) in [4.78, 5) is 11.1. The van der Waals surface area contributed by atoms with Gasteiger partial charge in [-0.25, -0.2) is 4.98 Å². The van der Waals surface area contributed by atoms with Crippen LogP contribution < -0.4 is 0 Å². The zero-order valence-electron chi connectivity index (χ0n) is 12.2. The molecular weight excluding hydrogens is 248 g/mol. The molecule has 1 atom stereocenters. The van der Waals surface area contributed by atoms with E-state index in [0.29, 0.717) is 12.1 Å². The Balaban J connectivity index is 1.78. The van der Waals surface area contributed by atoms with Crippen molar-refractivity contribution in [2.75, 3.05) is 6.54 Å². The Morgan fingerprint density at radius 3 is 2.95 bits per heavy atom. The van der Waals surface area contributed by atoms with Crippen LogP contribution in [0.3, 0.4) is 0 Å². The third-order valence-electron chi connectivity index (χ3n) is 4.10. The van der Waals surface area contributed by atoms with E-state index in [2.05, 4.69) is 39.3 Å². The van der Waals surface area contributed by atoms with Gasteiger partial charge >= 0.3 is 0 Å². The SMILES string of the molecule is CC(C)n1cncc1CN1CCCC1c1cccnc1. The molecule has 2 aromatic heterocycles. The van der Waals surface area contributed by atoms with E-state index in [4.69, 9.17) is 0 Å². The van der Waals surface area contributed by atoms with Crippen LogP contribution in [-0.4, -0.2) is 26.0 Å². The lowest BCUT2D eigenvalue weighted by Gasteiger charge is -2.25. The molecule has 0 N–H and O–H groups in total. The summed E-state index contributed by atoms with van der Waals surface area (Å²) < 4.78 is 2.26. The summed E-state index contributed by atoms with van der Waals surface area (Å²) in [5.41, 5.74) is 2.64. The van der Waals surface area contributed by atoms with E-state index >= 15 is 0 Å². The third-order valence-corrected chi connectivity index (χ3v) is 4.10. The van der Waals surface area contributed by atoms with Gasteiger partial charge < -0.3 is 4.57 Å². The molecule has 0 saturated carbocycles. The van der Waals surface area contributed by atoms with Crippen molar-refractivity contribution in [3.8, 4) is 0 Å². The highest BCUT2D eigenvalue weighted by Gasteiger charge is 2.26. The minimum atomic E-state index is 0.465. The second kappa shape index (κ2) is 5.75. The van der Waals surface area contributed by atoms with Crippen molar-refractivity contribution in [2.45, 2.75) is 45.3 Å². The van der Waals surface area contributed by atoms with E-state index in [1.54, 1.807) is 0 Å². The number of likely N-dealkylation sites (tertiary alicyclic amines) is 1. The average Bonchev–Trinajstić information content (AvgIpc) is 3.09. The number of aromatic nitrogens is 3. The molecule has 3 rings (SSSR count). The second-order valence-corrected chi connectivity index (χ2v) is 5.80. The Morgan fingerprint density at radius 2 is 2.20 bits per heavy atom. The molecule has 0 amide bonds. The summed E-state index contributed by atoms with van der Waals surface area (Å²) in [6, 6.07) is 5.19. The summed E-state index contributed by atoms with van der Waals surface area (Å²) in [7, 11) is 0. The van der Waals surface area contributed by atoms with Gasteiger partial charge in [0, 0.05) is 37.2 Å². The molecule has 0 aliphatic carbocycles. The lowest BCUT2D eigenvalue weighted by atomic mass is 10.1. The van der Waals surface area contributed by atoms with Crippen molar-refractivity contribution in [1.29, 1.82) is 0 Å². The van der Waals surface area contributed by atoms with Crippen LogP contribution in [0.1, 0.15) is 50.0 Å². The summed E-state index contributed by atoms with van der Waals surface area (Å²) in [6.45, 7) is 6.53. The summed E-state index contributed by atoms with van der Waals surface area (Å²) >= 11 is 0. The molecule has 2 aromatic rings. The van der Waals surface area contributed by atoms with Gasteiger partial charge in [0.15, 0.2) is 0 Å². The Bertz CT molecular complexity index is 547. The quantitative estimate of drug-likeness (QED) is 0.855. The lowest BCUT2D eigenvalue weighted by molar-refractivity contribution is 0.240. The van der Waals surface area contributed by atoms with Gasteiger partial charge in [0.25, 0.3) is 0 Å². The first kappa shape index (κ1) is 13.3. The predicted molar refractivity (Wildman–Crippen MR) is 79.2 cm³/mol. The molecule has 106 valence electrons. The maximum atomic E-state index is 4.31. The van der Waals surface area contributed by atoms with Crippen molar-refractivity contribution in [2.24, 2.45) is 0 Å². The number of nitrogens with zero attached hydrogens (tertiary/aromatic N) is 4. The Kier molecular flexibility index (Phi) is 3.83. The molecule has 1 saturated heterocycles. The van der Waals surface area contributed by atoms with E-state index in [-0.39, 0.29) is 0 Å². The number of hydrogen-bond donors (Lipinski definition) is 0. The second-order valence-electron chi connectivity index (χ2n) is 5.80. The van der Waals surface area contributed by atoms with Crippen LogP contribution in [0.2, 0.25) is 0 Å². The predicted octanol–water partition coefficient (Wildman–Crippen LogP) is 3.20. The van der Waals surface area contributed by atoms with E-state index in [1.807, 2.05) is 31.0 Å². The minimum Gasteiger partial charge on any atom is -0.331 e. The first-order valence-electron chi connectivity index (χ1n) is 7.40.